The molecule has 0 bridgehead atoms. The van der Waals surface area contributed by atoms with Crippen molar-refractivity contribution in [2.75, 3.05) is 13.1 Å². The van der Waals surface area contributed by atoms with Crippen molar-refractivity contribution in [2.45, 2.75) is 52.2 Å². The molecule has 1 aliphatic rings. The second-order valence-corrected chi connectivity index (χ2v) is 6.38. The first-order valence-corrected chi connectivity index (χ1v) is 7.53. The summed E-state index contributed by atoms with van der Waals surface area (Å²) in [6, 6.07) is 4.07. The van der Waals surface area contributed by atoms with E-state index in [0.29, 0.717) is 18.1 Å². The number of hydrogen-bond donors (Lipinski definition) is 1. The molecule has 2 unspecified atom stereocenters. The summed E-state index contributed by atoms with van der Waals surface area (Å²) in [6.45, 7) is 11.4. The molecule has 1 N–H and O–H groups in total. The van der Waals surface area contributed by atoms with Gasteiger partial charge in [-0.05, 0) is 37.3 Å². The normalized spacial score (nSPS) is 22.8. The molecule has 0 aromatic carbocycles. The van der Waals surface area contributed by atoms with Gasteiger partial charge in [0.05, 0.1) is 0 Å². The van der Waals surface area contributed by atoms with E-state index in [1.54, 1.807) is 10.4 Å². The van der Waals surface area contributed by atoms with Crippen LogP contribution in [0.5, 0.6) is 0 Å². The minimum Gasteiger partial charge on any atom is -0.313 e. The van der Waals surface area contributed by atoms with Gasteiger partial charge in [0.15, 0.2) is 0 Å². The van der Waals surface area contributed by atoms with Crippen LogP contribution in [0.3, 0.4) is 0 Å². The molecule has 2 heterocycles. The van der Waals surface area contributed by atoms with Crippen LogP contribution >= 0.6 is 11.3 Å². The molecule has 2 rings (SSSR count). The van der Waals surface area contributed by atoms with Gasteiger partial charge in [-0.15, -0.1) is 11.3 Å². The molecule has 1 aromatic rings. The van der Waals surface area contributed by atoms with Crippen molar-refractivity contribution in [3.63, 3.8) is 0 Å². The molecule has 0 aliphatic carbocycles. The van der Waals surface area contributed by atoms with Crippen molar-refractivity contribution in [1.29, 1.82) is 0 Å². The highest BCUT2D eigenvalue weighted by Gasteiger charge is 2.27. The average molecular weight is 252 g/mol. The van der Waals surface area contributed by atoms with E-state index in [2.05, 4.69) is 49.4 Å². The van der Waals surface area contributed by atoms with Gasteiger partial charge in [-0.1, -0.05) is 13.8 Å². The van der Waals surface area contributed by atoms with E-state index in [4.69, 9.17) is 0 Å². The average Bonchev–Trinajstić information content (AvgIpc) is 2.75. The van der Waals surface area contributed by atoms with Crippen LogP contribution in [0.4, 0.5) is 0 Å². The van der Waals surface area contributed by atoms with Gasteiger partial charge >= 0.3 is 0 Å². The Labute approximate surface area is 109 Å². The number of thiophene rings is 1. The minimum atomic E-state index is 0.578. The first-order valence-electron chi connectivity index (χ1n) is 6.65. The largest absolute Gasteiger partial charge is 0.313 e. The van der Waals surface area contributed by atoms with Crippen LogP contribution < -0.4 is 5.32 Å². The van der Waals surface area contributed by atoms with Gasteiger partial charge in [-0.25, -0.2) is 0 Å². The number of hydrogen-bond acceptors (Lipinski definition) is 3. The summed E-state index contributed by atoms with van der Waals surface area (Å²) >= 11 is 1.92. The highest BCUT2D eigenvalue weighted by molar-refractivity contribution is 7.10. The van der Waals surface area contributed by atoms with Crippen molar-refractivity contribution in [3.8, 4) is 0 Å². The smallest absolute Gasteiger partial charge is 0.0334 e. The molecule has 0 amide bonds. The first-order chi connectivity index (χ1) is 8.09. The molecular formula is C14H24N2S. The molecule has 2 atom stereocenters. The van der Waals surface area contributed by atoms with Gasteiger partial charge in [0, 0.05) is 36.1 Å². The van der Waals surface area contributed by atoms with Crippen LogP contribution in [-0.4, -0.2) is 30.1 Å². The lowest BCUT2D eigenvalue weighted by Gasteiger charge is -2.38. The fourth-order valence-corrected chi connectivity index (χ4v) is 3.62. The predicted octanol–water partition coefficient (Wildman–Crippen LogP) is 3.05. The molecule has 0 radical (unpaired) electrons. The number of rotatable bonds is 4. The lowest BCUT2D eigenvalue weighted by atomic mass is 9.99. The van der Waals surface area contributed by atoms with Crippen LogP contribution in [0.2, 0.25) is 0 Å². The second kappa shape index (κ2) is 5.51. The number of fused-ring (bicyclic) bond motifs is 1. The lowest BCUT2D eigenvalue weighted by Crippen LogP contribution is -2.45. The molecule has 0 saturated heterocycles. The summed E-state index contributed by atoms with van der Waals surface area (Å²) in [7, 11) is 0. The van der Waals surface area contributed by atoms with Gasteiger partial charge in [-0.2, -0.15) is 0 Å². The van der Waals surface area contributed by atoms with E-state index in [-0.39, 0.29) is 0 Å². The Kier molecular flexibility index (Phi) is 4.23. The second-order valence-electron chi connectivity index (χ2n) is 5.37. The zero-order valence-corrected chi connectivity index (χ0v) is 12.2. The highest BCUT2D eigenvalue weighted by atomic mass is 32.1. The minimum absolute atomic E-state index is 0.578. The van der Waals surface area contributed by atoms with E-state index < -0.39 is 0 Å². The lowest BCUT2D eigenvalue weighted by molar-refractivity contribution is 0.141. The van der Waals surface area contributed by atoms with Crippen LogP contribution in [0, 0.1) is 0 Å². The standard InChI is InChI=1S/C14H24N2S/c1-10(2)15-9-11(3)16-7-5-14-13(12(16)4)6-8-17-14/h6,8,10-12,15H,5,7,9H2,1-4H3. The molecule has 3 heteroatoms. The fraction of sp³-hybridized carbons (Fsp3) is 0.714. The molecule has 1 aromatic heterocycles. The van der Waals surface area contributed by atoms with Crippen LogP contribution in [0.25, 0.3) is 0 Å². The highest BCUT2D eigenvalue weighted by Crippen LogP contribution is 2.33. The first kappa shape index (κ1) is 13.1. The topological polar surface area (TPSA) is 15.3 Å². The molecule has 17 heavy (non-hydrogen) atoms. The van der Waals surface area contributed by atoms with Crippen molar-refractivity contribution in [2.24, 2.45) is 0 Å². The van der Waals surface area contributed by atoms with Gasteiger partial charge in [0.2, 0.25) is 0 Å². The van der Waals surface area contributed by atoms with E-state index >= 15 is 0 Å². The zero-order chi connectivity index (χ0) is 12.4. The van der Waals surface area contributed by atoms with Crippen molar-refractivity contribution in [1.82, 2.24) is 10.2 Å². The van der Waals surface area contributed by atoms with Crippen molar-refractivity contribution in [3.05, 3.63) is 21.9 Å². The molecule has 2 nitrogen and oxygen atoms in total. The fourth-order valence-electron chi connectivity index (χ4n) is 2.65. The summed E-state index contributed by atoms with van der Waals surface area (Å²) in [5.74, 6) is 0. The maximum atomic E-state index is 3.54. The maximum Gasteiger partial charge on any atom is 0.0334 e. The molecule has 0 spiro atoms. The Hall–Kier alpha value is -0.380. The van der Waals surface area contributed by atoms with E-state index in [0.717, 1.165) is 6.54 Å². The summed E-state index contributed by atoms with van der Waals surface area (Å²) < 4.78 is 0. The van der Waals surface area contributed by atoms with E-state index in [9.17, 15) is 0 Å². The Bertz CT molecular complexity index is 359. The maximum absolute atomic E-state index is 3.54. The molecule has 96 valence electrons. The Balaban J connectivity index is 1.99. The Morgan fingerprint density at radius 2 is 2.24 bits per heavy atom. The molecule has 0 saturated carbocycles. The van der Waals surface area contributed by atoms with Gasteiger partial charge in [-0.3, -0.25) is 4.90 Å². The van der Waals surface area contributed by atoms with Crippen molar-refractivity contribution >= 4 is 11.3 Å². The molecule has 0 fully saturated rings. The quantitative estimate of drug-likeness (QED) is 0.886. The Morgan fingerprint density at radius 1 is 1.47 bits per heavy atom. The SMILES string of the molecule is CC(C)NCC(C)N1CCc2sccc2C1C. The Morgan fingerprint density at radius 3 is 2.94 bits per heavy atom. The summed E-state index contributed by atoms with van der Waals surface area (Å²) in [6.07, 6.45) is 1.23. The number of nitrogens with one attached hydrogen (secondary N) is 1. The molecular weight excluding hydrogens is 228 g/mol. The molecule has 1 aliphatic heterocycles. The third kappa shape index (κ3) is 2.90. The predicted molar refractivity (Wildman–Crippen MR) is 75.7 cm³/mol. The van der Waals surface area contributed by atoms with Crippen LogP contribution in [0.15, 0.2) is 11.4 Å². The third-order valence-corrected chi connectivity index (χ3v) is 4.71. The van der Waals surface area contributed by atoms with Crippen LogP contribution in [-0.2, 0) is 6.42 Å². The third-order valence-electron chi connectivity index (χ3n) is 3.71. The van der Waals surface area contributed by atoms with Crippen molar-refractivity contribution < 1.29 is 0 Å². The van der Waals surface area contributed by atoms with Gasteiger partial charge in [0.1, 0.15) is 0 Å². The zero-order valence-electron chi connectivity index (χ0n) is 11.4. The van der Waals surface area contributed by atoms with Gasteiger partial charge in [0.25, 0.3) is 0 Å². The summed E-state index contributed by atoms with van der Waals surface area (Å²) in [5.41, 5.74) is 1.55. The monoisotopic (exact) mass is 252 g/mol. The summed E-state index contributed by atoms with van der Waals surface area (Å²) in [5, 5.41) is 5.78. The van der Waals surface area contributed by atoms with Gasteiger partial charge < -0.3 is 5.32 Å². The van der Waals surface area contributed by atoms with E-state index in [1.165, 1.54) is 13.0 Å². The number of nitrogens with zero attached hydrogens (tertiary/aromatic N) is 1. The van der Waals surface area contributed by atoms with E-state index in [1.807, 2.05) is 11.3 Å². The summed E-state index contributed by atoms with van der Waals surface area (Å²) in [4.78, 5) is 4.22. The van der Waals surface area contributed by atoms with Crippen LogP contribution in [0.1, 0.15) is 44.2 Å².